The van der Waals surface area contributed by atoms with Crippen LogP contribution in [0.15, 0.2) is 70.4 Å². The van der Waals surface area contributed by atoms with Crippen LogP contribution in [0.1, 0.15) is 25.3 Å². The molecule has 3 aromatic rings. The first-order valence-electron chi connectivity index (χ1n) is 10.4. The molecule has 0 fully saturated rings. The Morgan fingerprint density at radius 1 is 1.26 bits per heavy atom. The molecule has 1 aromatic heterocycles. The number of rotatable bonds is 7. The van der Waals surface area contributed by atoms with Gasteiger partial charge in [-0.15, -0.1) is 0 Å². The molecule has 0 bridgehead atoms. The number of nitriles is 1. The standard InChI is InChI=1S/C24H19N5O4S2/c1-13-21(14(2)30)22(15-7-3-5-9-18(15)29(32)33)16(11-25)23(26-13)34-12-20(31)28-24-27-17-8-4-6-10-19(17)35-24/h3-10,22,26H,12H2,1-2H3,(H,27,28,31)/t22-/m1/s1. The summed E-state index contributed by atoms with van der Waals surface area (Å²) in [5.41, 5.74) is 1.75. The number of dihydropyridines is 1. The molecule has 2 aromatic carbocycles. The number of para-hydroxylation sites is 2. The minimum atomic E-state index is -0.921. The summed E-state index contributed by atoms with van der Waals surface area (Å²) in [4.78, 5) is 40.7. The van der Waals surface area contributed by atoms with E-state index in [1.54, 1.807) is 19.1 Å². The van der Waals surface area contributed by atoms with E-state index in [1.807, 2.05) is 24.3 Å². The van der Waals surface area contributed by atoms with Crippen molar-refractivity contribution in [2.45, 2.75) is 19.8 Å². The van der Waals surface area contributed by atoms with Gasteiger partial charge in [0.05, 0.1) is 43.5 Å². The Morgan fingerprint density at radius 3 is 2.66 bits per heavy atom. The molecular formula is C24H19N5O4S2. The van der Waals surface area contributed by atoms with Gasteiger partial charge in [0.15, 0.2) is 10.9 Å². The van der Waals surface area contributed by atoms with E-state index in [-0.39, 0.29) is 39.8 Å². The molecule has 1 amide bonds. The first kappa shape index (κ1) is 24.1. The molecule has 2 heterocycles. The fourth-order valence-electron chi connectivity index (χ4n) is 3.92. The lowest BCUT2D eigenvalue weighted by Gasteiger charge is -2.29. The van der Waals surface area contributed by atoms with Gasteiger partial charge in [0, 0.05) is 22.9 Å². The molecule has 35 heavy (non-hydrogen) atoms. The largest absolute Gasteiger partial charge is 0.353 e. The smallest absolute Gasteiger partial charge is 0.273 e. The maximum atomic E-state index is 12.6. The SMILES string of the molecule is CC(=O)C1=C(C)NC(SCC(=O)Nc2nc3ccccc3s2)=C(C#N)[C@H]1c1ccccc1[N+](=O)[O-]. The maximum absolute atomic E-state index is 12.6. The highest BCUT2D eigenvalue weighted by Crippen LogP contribution is 2.43. The molecule has 4 rings (SSSR count). The van der Waals surface area contributed by atoms with Gasteiger partial charge in [-0.3, -0.25) is 19.7 Å². The third kappa shape index (κ3) is 4.94. The van der Waals surface area contributed by atoms with Crippen LogP contribution in [0.25, 0.3) is 10.2 Å². The molecule has 0 saturated heterocycles. The van der Waals surface area contributed by atoms with Gasteiger partial charge in [-0.25, -0.2) is 4.98 Å². The molecule has 0 unspecified atom stereocenters. The van der Waals surface area contributed by atoms with Crippen LogP contribution in [0.4, 0.5) is 10.8 Å². The number of nitrogens with one attached hydrogen (secondary N) is 2. The van der Waals surface area contributed by atoms with E-state index in [1.165, 1.54) is 30.4 Å². The fourth-order valence-corrected chi connectivity index (χ4v) is 5.69. The minimum Gasteiger partial charge on any atom is -0.353 e. The Morgan fingerprint density at radius 2 is 1.97 bits per heavy atom. The van der Waals surface area contributed by atoms with E-state index in [4.69, 9.17) is 0 Å². The molecular weight excluding hydrogens is 486 g/mol. The number of carbonyl (C=O) groups is 2. The van der Waals surface area contributed by atoms with Crippen molar-refractivity contribution in [3.8, 4) is 6.07 Å². The van der Waals surface area contributed by atoms with E-state index in [0.29, 0.717) is 15.9 Å². The number of ketones is 1. The van der Waals surface area contributed by atoms with Gasteiger partial charge in [0.1, 0.15) is 0 Å². The number of carbonyl (C=O) groups excluding carboxylic acids is 2. The molecule has 0 saturated carbocycles. The van der Waals surface area contributed by atoms with Crippen LogP contribution in [0, 0.1) is 21.4 Å². The second kappa shape index (κ2) is 10.1. The van der Waals surface area contributed by atoms with Gasteiger partial charge in [0.25, 0.3) is 5.69 Å². The van der Waals surface area contributed by atoms with Crippen LogP contribution in [0.5, 0.6) is 0 Å². The van der Waals surface area contributed by atoms with E-state index in [9.17, 15) is 25.0 Å². The van der Waals surface area contributed by atoms with Crippen molar-refractivity contribution in [2.75, 3.05) is 11.1 Å². The number of Topliss-reactive ketones (excluding diaryl/α,β-unsaturated/α-hetero) is 1. The Balaban J connectivity index is 1.63. The predicted octanol–water partition coefficient (Wildman–Crippen LogP) is 4.86. The number of hydrogen-bond acceptors (Lipinski definition) is 9. The molecule has 1 atom stereocenters. The lowest BCUT2D eigenvalue weighted by Crippen LogP contribution is -2.28. The zero-order valence-corrected chi connectivity index (χ0v) is 20.3. The van der Waals surface area contributed by atoms with Crippen LogP contribution < -0.4 is 10.6 Å². The molecule has 1 aliphatic heterocycles. The zero-order valence-electron chi connectivity index (χ0n) is 18.7. The summed E-state index contributed by atoms with van der Waals surface area (Å²) in [5.74, 6) is -1.57. The molecule has 11 heteroatoms. The van der Waals surface area contributed by atoms with E-state index < -0.39 is 10.8 Å². The number of nitrogens with zero attached hydrogens (tertiary/aromatic N) is 3. The number of hydrogen-bond donors (Lipinski definition) is 2. The van der Waals surface area contributed by atoms with Crippen molar-refractivity contribution in [2.24, 2.45) is 0 Å². The van der Waals surface area contributed by atoms with Crippen LogP contribution in [-0.2, 0) is 9.59 Å². The van der Waals surface area contributed by atoms with Crippen molar-refractivity contribution in [3.63, 3.8) is 0 Å². The van der Waals surface area contributed by atoms with Crippen molar-refractivity contribution in [3.05, 3.63) is 86.1 Å². The number of nitro benzene ring substituents is 1. The average Bonchev–Trinajstić information content (AvgIpc) is 3.24. The number of nitro groups is 1. The molecule has 0 radical (unpaired) electrons. The third-order valence-corrected chi connectivity index (χ3v) is 7.33. The van der Waals surface area contributed by atoms with Crippen molar-refractivity contribution in [1.82, 2.24) is 10.3 Å². The van der Waals surface area contributed by atoms with Gasteiger partial charge < -0.3 is 10.6 Å². The minimum absolute atomic E-state index is 0.0320. The monoisotopic (exact) mass is 505 g/mol. The Hall–Kier alpha value is -4.01. The highest BCUT2D eigenvalue weighted by Gasteiger charge is 2.36. The van der Waals surface area contributed by atoms with E-state index in [0.717, 1.165) is 22.0 Å². The average molecular weight is 506 g/mol. The van der Waals surface area contributed by atoms with Gasteiger partial charge in [-0.1, -0.05) is 53.4 Å². The number of anilines is 1. The number of thioether (sulfide) groups is 1. The van der Waals surface area contributed by atoms with Gasteiger partial charge in [-0.05, 0) is 26.0 Å². The number of benzene rings is 2. The highest BCUT2D eigenvalue weighted by molar-refractivity contribution is 8.03. The quantitative estimate of drug-likeness (QED) is 0.343. The first-order chi connectivity index (χ1) is 16.8. The molecule has 2 N–H and O–H groups in total. The molecule has 176 valence electrons. The third-order valence-electron chi connectivity index (χ3n) is 5.36. The van der Waals surface area contributed by atoms with Crippen molar-refractivity contribution in [1.29, 1.82) is 5.26 Å². The Labute approximate surface area is 208 Å². The molecule has 0 spiro atoms. The number of aromatic nitrogens is 1. The highest BCUT2D eigenvalue weighted by atomic mass is 32.2. The van der Waals surface area contributed by atoms with Gasteiger partial charge in [0.2, 0.25) is 5.91 Å². The molecule has 1 aliphatic rings. The van der Waals surface area contributed by atoms with E-state index >= 15 is 0 Å². The molecule has 0 aliphatic carbocycles. The summed E-state index contributed by atoms with van der Waals surface area (Å²) in [7, 11) is 0. The summed E-state index contributed by atoms with van der Waals surface area (Å²) >= 11 is 2.45. The Bertz CT molecular complexity index is 1430. The fraction of sp³-hybridized carbons (Fsp3) is 0.167. The lowest BCUT2D eigenvalue weighted by atomic mass is 9.80. The topological polar surface area (TPSA) is 138 Å². The second-order valence-corrected chi connectivity index (χ2v) is 9.66. The predicted molar refractivity (Wildman–Crippen MR) is 136 cm³/mol. The number of thiazole rings is 1. The Kier molecular flexibility index (Phi) is 6.95. The number of fused-ring (bicyclic) bond motifs is 1. The lowest BCUT2D eigenvalue weighted by molar-refractivity contribution is -0.385. The molecule has 9 nitrogen and oxygen atoms in total. The van der Waals surface area contributed by atoms with Crippen LogP contribution >= 0.6 is 23.1 Å². The summed E-state index contributed by atoms with van der Waals surface area (Å²) in [6.45, 7) is 3.04. The van der Waals surface area contributed by atoms with E-state index in [2.05, 4.69) is 21.7 Å². The normalized spacial score (nSPS) is 15.5. The summed E-state index contributed by atoms with van der Waals surface area (Å²) in [6, 6.07) is 15.7. The maximum Gasteiger partial charge on any atom is 0.273 e. The van der Waals surface area contributed by atoms with Crippen LogP contribution in [0.2, 0.25) is 0 Å². The van der Waals surface area contributed by atoms with Crippen molar-refractivity contribution < 1.29 is 14.5 Å². The first-order valence-corrected chi connectivity index (χ1v) is 12.2. The zero-order chi connectivity index (χ0) is 25.1. The van der Waals surface area contributed by atoms with Crippen molar-refractivity contribution >= 4 is 55.8 Å². The number of allylic oxidation sites excluding steroid dienone is 3. The summed E-state index contributed by atoms with van der Waals surface area (Å²) < 4.78 is 0.948. The van der Waals surface area contributed by atoms with Gasteiger partial charge >= 0.3 is 0 Å². The summed E-state index contributed by atoms with van der Waals surface area (Å²) in [6.07, 6.45) is 0. The van der Waals surface area contributed by atoms with Gasteiger partial charge in [-0.2, -0.15) is 5.26 Å². The second-order valence-electron chi connectivity index (χ2n) is 7.65. The number of amides is 1. The van der Waals surface area contributed by atoms with Crippen LogP contribution in [0.3, 0.4) is 0 Å². The summed E-state index contributed by atoms with van der Waals surface area (Å²) in [5, 5.41) is 28.4. The van der Waals surface area contributed by atoms with Crippen LogP contribution in [-0.4, -0.2) is 27.4 Å².